The van der Waals surface area contributed by atoms with Crippen LogP contribution in [0.4, 0.5) is 15.5 Å². The van der Waals surface area contributed by atoms with Gasteiger partial charge in [-0.3, -0.25) is 10.1 Å². The molecule has 1 aromatic carbocycles. The van der Waals surface area contributed by atoms with E-state index in [0.717, 1.165) is 25.2 Å². The van der Waals surface area contributed by atoms with E-state index in [0.29, 0.717) is 15.8 Å². The fourth-order valence-corrected chi connectivity index (χ4v) is 3.50. The normalized spacial score (nSPS) is 13.3. The van der Waals surface area contributed by atoms with E-state index in [-0.39, 0.29) is 11.9 Å². The molecule has 2 N–H and O–H groups in total. The highest BCUT2D eigenvalue weighted by Crippen LogP contribution is 2.31. The van der Waals surface area contributed by atoms with E-state index >= 15 is 0 Å². The number of nitrogens with zero attached hydrogens (tertiary/aromatic N) is 1. The van der Waals surface area contributed by atoms with E-state index in [4.69, 9.17) is 0 Å². The van der Waals surface area contributed by atoms with Crippen LogP contribution in [-0.4, -0.2) is 29.9 Å². The van der Waals surface area contributed by atoms with Crippen LogP contribution in [0, 0.1) is 5.92 Å². The number of benzene rings is 1. The number of urea groups is 1. The fraction of sp³-hybridized carbons (Fsp3) is 0.368. The van der Waals surface area contributed by atoms with Gasteiger partial charge in [0.25, 0.3) is 5.91 Å². The van der Waals surface area contributed by atoms with E-state index < -0.39 is 0 Å². The topological polar surface area (TPSA) is 61.4 Å². The number of amides is 3. The van der Waals surface area contributed by atoms with Crippen molar-refractivity contribution in [1.29, 1.82) is 0 Å². The maximum Gasteiger partial charge on any atom is 0.324 e. The molecule has 3 rings (SSSR count). The maximum absolute atomic E-state index is 12.7. The Balaban J connectivity index is 1.58. The van der Waals surface area contributed by atoms with Crippen molar-refractivity contribution in [3.63, 3.8) is 0 Å². The highest BCUT2D eigenvalue weighted by molar-refractivity contribution is 7.18. The van der Waals surface area contributed by atoms with Gasteiger partial charge >= 0.3 is 6.03 Å². The van der Waals surface area contributed by atoms with Crippen LogP contribution < -0.4 is 10.6 Å². The summed E-state index contributed by atoms with van der Waals surface area (Å²) in [4.78, 5) is 27.3. The van der Waals surface area contributed by atoms with Gasteiger partial charge in [-0.15, -0.1) is 11.3 Å². The number of rotatable bonds is 7. The Morgan fingerprint density at radius 2 is 1.88 bits per heavy atom. The molecule has 0 unspecified atom stereocenters. The lowest BCUT2D eigenvalue weighted by atomic mass is 10.3. The molecule has 5 nitrogen and oxygen atoms in total. The second kappa shape index (κ2) is 8.16. The van der Waals surface area contributed by atoms with Crippen LogP contribution in [-0.2, 0) is 0 Å². The number of hydrogen-bond donors (Lipinski definition) is 2. The molecule has 132 valence electrons. The second-order valence-electron chi connectivity index (χ2n) is 6.30. The van der Waals surface area contributed by atoms with Gasteiger partial charge in [0.05, 0.1) is 9.88 Å². The molecule has 25 heavy (non-hydrogen) atoms. The molecule has 1 saturated carbocycles. The molecule has 1 aliphatic carbocycles. The highest BCUT2D eigenvalue weighted by Gasteiger charge is 2.27. The number of para-hydroxylation sites is 1. The largest absolute Gasteiger partial charge is 0.338 e. The van der Waals surface area contributed by atoms with Crippen molar-refractivity contribution in [2.75, 3.05) is 23.7 Å². The predicted octanol–water partition coefficient (Wildman–Crippen LogP) is 4.65. The summed E-state index contributed by atoms with van der Waals surface area (Å²) < 4.78 is 0. The summed E-state index contributed by atoms with van der Waals surface area (Å²) in [5.41, 5.74) is 0.728. The zero-order valence-electron chi connectivity index (χ0n) is 14.3. The van der Waals surface area contributed by atoms with Crippen LogP contribution >= 0.6 is 11.3 Å². The minimum Gasteiger partial charge on any atom is -0.338 e. The summed E-state index contributed by atoms with van der Waals surface area (Å²) in [7, 11) is 0. The molecule has 3 amide bonds. The first-order chi connectivity index (χ1) is 12.2. The van der Waals surface area contributed by atoms with E-state index in [1.807, 2.05) is 35.2 Å². The molecule has 1 heterocycles. The molecular weight excluding hydrogens is 334 g/mol. The number of carbonyl (C=O) groups is 2. The van der Waals surface area contributed by atoms with Crippen molar-refractivity contribution < 1.29 is 9.59 Å². The Morgan fingerprint density at radius 1 is 1.12 bits per heavy atom. The number of anilines is 2. The van der Waals surface area contributed by atoms with Gasteiger partial charge in [-0.05, 0) is 49.4 Å². The van der Waals surface area contributed by atoms with Crippen LogP contribution in [0.5, 0.6) is 0 Å². The Kier molecular flexibility index (Phi) is 5.71. The first-order valence-corrected chi connectivity index (χ1v) is 9.49. The van der Waals surface area contributed by atoms with E-state index in [1.165, 1.54) is 24.2 Å². The zero-order valence-corrected chi connectivity index (χ0v) is 15.1. The summed E-state index contributed by atoms with van der Waals surface area (Å²) in [6.07, 6.45) is 3.41. The average molecular weight is 357 g/mol. The number of carbonyl (C=O) groups excluding carboxylic acids is 2. The zero-order chi connectivity index (χ0) is 17.6. The average Bonchev–Trinajstić information content (AvgIpc) is 3.31. The lowest BCUT2D eigenvalue weighted by molar-refractivity contribution is 0.0752. The van der Waals surface area contributed by atoms with Gasteiger partial charge in [0, 0.05) is 18.8 Å². The summed E-state index contributed by atoms with van der Waals surface area (Å²) in [5.74, 6) is 0.736. The van der Waals surface area contributed by atoms with E-state index in [1.54, 1.807) is 12.1 Å². The molecule has 1 fully saturated rings. The van der Waals surface area contributed by atoms with Crippen molar-refractivity contribution in [3.05, 3.63) is 47.3 Å². The maximum atomic E-state index is 12.7. The third-order valence-electron chi connectivity index (χ3n) is 4.04. The second-order valence-corrected chi connectivity index (χ2v) is 7.39. The SMILES string of the molecule is CCCN(CC1CC1)C(=O)c1ccc(NC(=O)Nc2ccccc2)s1. The van der Waals surface area contributed by atoms with Crippen molar-refractivity contribution >= 4 is 34.0 Å². The summed E-state index contributed by atoms with van der Waals surface area (Å²) in [5, 5.41) is 6.22. The Morgan fingerprint density at radius 3 is 2.56 bits per heavy atom. The Bertz CT molecular complexity index is 725. The quantitative estimate of drug-likeness (QED) is 0.757. The third kappa shape index (κ3) is 5.06. The first-order valence-electron chi connectivity index (χ1n) is 8.68. The lowest BCUT2D eigenvalue weighted by Gasteiger charge is -2.21. The standard InChI is InChI=1S/C19H23N3O2S/c1-2-12-22(13-14-8-9-14)18(23)16-10-11-17(25-16)21-19(24)20-15-6-4-3-5-7-15/h3-7,10-11,14H,2,8-9,12-13H2,1H3,(H2,20,21,24). The summed E-state index contributed by atoms with van der Waals surface area (Å²) in [6.45, 7) is 3.72. The van der Waals surface area contributed by atoms with Crippen molar-refractivity contribution in [2.24, 2.45) is 5.92 Å². The van der Waals surface area contributed by atoms with Gasteiger partial charge in [-0.25, -0.2) is 4.79 Å². The lowest BCUT2D eigenvalue weighted by Crippen LogP contribution is -2.33. The van der Waals surface area contributed by atoms with Crippen LogP contribution in [0.2, 0.25) is 0 Å². The smallest absolute Gasteiger partial charge is 0.324 e. The molecular formula is C19H23N3O2S. The monoisotopic (exact) mass is 357 g/mol. The molecule has 0 bridgehead atoms. The molecule has 2 aromatic rings. The van der Waals surface area contributed by atoms with Crippen LogP contribution in [0.3, 0.4) is 0 Å². The first kappa shape index (κ1) is 17.5. The van der Waals surface area contributed by atoms with Crippen molar-refractivity contribution in [1.82, 2.24) is 4.90 Å². The predicted molar refractivity (Wildman–Crippen MR) is 102 cm³/mol. The number of hydrogen-bond acceptors (Lipinski definition) is 3. The minimum absolute atomic E-state index is 0.0651. The molecule has 6 heteroatoms. The van der Waals surface area contributed by atoms with E-state index in [9.17, 15) is 9.59 Å². The van der Waals surface area contributed by atoms with Crippen LogP contribution in [0.25, 0.3) is 0 Å². The highest BCUT2D eigenvalue weighted by atomic mass is 32.1. The van der Waals surface area contributed by atoms with Gasteiger partial charge in [0.1, 0.15) is 0 Å². The Hall–Kier alpha value is -2.34. The molecule has 0 aliphatic heterocycles. The third-order valence-corrected chi connectivity index (χ3v) is 5.03. The minimum atomic E-state index is -0.310. The van der Waals surface area contributed by atoms with Gasteiger partial charge < -0.3 is 10.2 Å². The molecule has 0 saturated heterocycles. The van der Waals surface area contributed by atoms with Gasteiger partial charge in [-0.2, -0.15) is 0 Å². The molecule has 1 aliphatic rings. The van der Waals surface area contributed by atoms with Crippen LogP contribution in [0.1, 0.15) is 35.9 Å². The fourth-order valence-electron chi connectivity index (χ4n) is 2.63. The molecule has 0 radical (unpaired) electrons. The summed E-state index contributed by atoms with van der Waals surface area (Å²) >= 11 is 1.32. The van der Waals surface area contributed by atoms with Crippen molar-refractivity contribution in [3.8, 4) is 0 Å². The number of nitrogens with one attached hydrogen (secondary N) is 2. The molecule has 0 atom stereocenters. The van der Waals surface area contributed by atoms with Crippen LogP contribution in [0.15, 0.2) is 42.5 Å². The van der Waals surface area contributed by atoms with Crippen molar-refractivity contribution in [2.45, 2.75) is 26.2 Å². The van der Waals surface area contributed by atoms with Gasteiger partial charge in [0.2, 0.25) is 0 Å². The van der Waals surface area contributed by atoms with E-state index in [2.05, 4.69) is 17.6 Å². The van der Waals surface area contributed by atoms with Gasteiger partial charge in [-0.1, -0.05) is 25.1 Å². The summed E-state index contributed by atoms with van der Waals surface area (Å²) in [6, 6.07) is 12.5. The molecule has 0 spiro atoms. The molecule has 1 aromatic heterocycles. The van der Waals surface area contributed by atoms with Gasteiger partial charge in [0.15, 0.2) is 0 Å². The number of thiophene rings is 1. The Labute approximate surface area is 152 Å².